The van der Waals surface area contributed by atoms with Crippen LogP contribution < -0.4 is 10.9 Å². The molecule has 128 valence electrons. The van der Waals surface area contributed by atoms with Crippen LogP contribution in [0.2, 0.25) is 0 Å². The monoisotopic (exact) mass is 341 g/mol. The molecule has 2 aromatic heterocycles. The number of nitrogens with one attached hydrogen (secondary N) is 1. The maximum Gasteiger partial charge on any atom is 0.267 e. The van der Waals surface area contributed by atoms with Crippen LogP contribution in [0.25, 0.3) is 5.82 Å². The lowest BCUT2D eigenvalue weighted by molar-refractivity contribution is -0.119. The average Bonchev–Trinajstić information content (AvgIpc) is 3.12. The first-order valence-electron chi connectivity index (χ1n) is 7.62. The average molecular weight is 341 g/mol. The van der Waals surface area contributed by atoms with Crippen molar-refractivity contribution < 1.29 is 9.18 Å². The second kappa shape index (κ2) is 6.68. The molecule has 2 heterocycles. The highest BCUT2D eigenvalue weighted by atomic mass is 19.1. The predicted molar refractivity (Wildman–Crippen MR) is 90.1 cm³/mol. The van der Waals surface area contributed by atoms with E-state index in [-0.39, 0.29) is 0 Å². The minimum Gasteiger partial charge on any atom is -0.324 e. The van der Waals surface area contributed by atoms with Crippen LogP contribution in [0.5, 0.6) is 0 Å². The Labute approximate surface area is 142 Å². The molecule has 1 aromatic carbocycles. The maximum absolute atomic E-state index is 13.6. The number of aryl methyl sites for hydroxylation is 1. The van der Waals surface area contributed by atoms with Gasteiger partial charge in [-0.15, -0.1) is 5.10 Å². The molecule has 3 rings (SSSR count). The van der Waals surface area contributed by atoms with Crippen LogP contribution in [0.3, 0.4) is 0 Å². The summed E-state index contributed by atoms with van der Waals surface area (Å²) < 4.78 is 16.1. The molecule has 7 nitrogen and oxygen atoms in total. The Morgan fingerprint density at radius 2 is 2.08 bits per heavy atom. The van der Waals surface area contributed by atoms with Crippen LogP contribution in [0.4, 0.5) is 10.1 Å². The molecule has 0 aliphatic rings. The highest BCUT2D eigenvalue weighted by molar-refractivity contribution is 5.93. The molecule has 8 heteroatoms. The number of amides is 1. The SMILES string of the molecule is Cc1ccc(NC(=O)[C@H](C)n2nc(-n3cccn3)ccc2=O)cc1F. The van der Waals surface area contributed by atoms with E-state index < -0.39 is 23.3 Å². The standard InChI is InChI=1S/C17H16FN5O2/c1-11-4-5-13(10-14(11)18)20-17(25)12(2)23-16(24)7-6-15(21-23)22-9-3-8-19-22/h3-10,12H,1-2H3,(H,20,25)/t12-/m0/s1. The topological polar surface area (TPSA) is 81.8 Å². The van der Waals surface area contributed by atoms with Gasteiger partial charge < -0.3 is 5.32 Å². The van der Waals surface area contributed by atoms with Crippen LogP contribution in [-0.2, 0) is 4.79 Å². The van der Waals surface area contributed by atoms with Gasteiger partial charge in [0.2, 0.25) is 5.91 Å². The first kappa shape index (κ1) is 16.6. The van der Waals surface area contributed by atoms with Gasteiger partial charge in [-0.2, -0.15) is 5.10 Å². The first-order valence-corrected chi connectivity index (χ1v) is 7.62. The van der Waals surface area contributed by atoms with Crippen molar-refractivity contribution in [1.29, 1.82) is 0 Å². The minimum absolute atomic E-state index is 0.316. The van der Waals surface area contributed by atoms with Gasteiger partial charge in [-0.1, -0.05) is 6.07 Å². The van der Waals surface area contributed by atoms with Crippen LogP contribution in [-0.4, -0.2) is 25.5 Å². The predicted octanol–water partition coefficient (Wildman–Crippen LogP) is 2.08. The van der Waals surface area contributed by atoms with Gasteiger partial charge in [-0.05, 0) is 43.7 Å². The van der Waals surface area contributed by atoms with E-state index in [1.54, 1.807) is 44.4 Å². The van der Waals surface area contributed by atoms with Gasteiger partial charge in [0.05, 0.1) is 0 Å². The van der Waals surface area contributed by atoms with Gasteiger partial charge in [0, 0.05) is 24.1 Å². The zero-order chi connectivity index (χ0) is 18.0. The Balaban J connectivity index is 1.85. The summed E-state index contributed by atoms with van der Waals surface area (Å²) in [6.45, 7) is 3.18. The smallest absolute Gasteiger partial charge is 0.267 e. The molecule has 0 aliphatic carbocycles. The summed E-state index contributed by atoms with van der Waals surface area (Å²) in [7, 11) is 0. The van der Waals surface area contributed by atoms with Crippen molar-refractivity contribution in [3.8, 4) is 5.82 Å². The van der Waals surface area contributed by atoms with E-state index >= 15 is 0 Å². The van der Waals surface area contributed by atoms with Crippen molar-refractivity contribution in [3.05, 3.63) is 70.5 Å². The third kappa shape index (κ3) is 3.47. The van der Waals surface area contributed by atoms with Crippen LogP contribution in [0.15, 0.2) is 53.6 Å². The van der Waals surface area contributed by atoms with E-state index in [9.17, 15) is 14.0 Å². The fourth-order valence-corrected chi connectivity index (χ4v) is 2.25. The van der Waals surface area contributed by atoms with E-state index in [0.29, 0.717) is 17.1 Å². The van der Waals surface area contributed by atoms with E-state index in [4.69, 9.17) is 0 Å². The molecule has 25 heavy (non-hydrogen) atoms. The number of nitrogens with zero attached hydrogens (tertiary/aromatic N) is 4. The zero-order valence-electron chi connectivity index (χ0n) is 13.7. The number of hydrogen-bond acceptors (Lipinski definition) is 4. The summed E-state index contributed by atoms with van der Waals surface area (Å²) in [6, 6.07) is 8.07. The summed E-state index contributed by atoms with van der Waals surface area (Å²) in [4.78, 5) is 24.5. The summed E-state index contributed by atoms with van der Waals surface area (Å²) in [5, 5.41) is 10.8. The first-order chi connectivity index (χ1) is 12.0. The van der Waals surface area contributed by atoms with Crippen LogP contribution in [0.1, 0.15) is 18.5 Å². The summed E-state index contributed by atoms with van der Waals surface area (Å²) in [5.74, 6) is -0.484. The van der Waals surface area contributed by atoms with Crippen molar-refractivity contribution in [2.75, 3.05) is 5.32 Å². The number of anilines is 1. The maximum atomic E-state index is 13.6. The van der Waals surface area contributed by atoms with Crippen molar-refractivity contribution in [3.63, 3.8) is 0 Å². The molecule has 0 aliphatic heterocycles. The number of benzene rings is 1. The lowest BCUT2D eigenvalue weighted by atomic mass is 10.2. The number of carbonyl (C=O) groups excluding carboxylic acids is 1. The number of halogens is 1. The lowest BCUT2D eigenvalue weighted by Gasteiger charge is -2.15. The summed E-state index contributed by atoms with van der Waals surface area (Å²) in [5.41, 5.74) is 0.376. The van der Waals surface area contributed by atoms with Gasteiger partial charge in [0.15, 0.2) is 5.82 Å². The molecule has 0 bridgehead atoms. The van der Waals surface area contributed by atoms with Gasteiger partial charge in [0.25, 0.3) is 5.56 Å². The number of rotatable bonds is 4. The van der Waals surface area contributed by atoms with Gasteiger partial charge in [0.1, 0.15) is 11.9 Å². The molecular weight excluding hydrogens is 325 g/mol. The highest BCUT2D eigenvalue weighted by Gasteiger charge is 2.18. The Bertz CT molecular complexity index is 965. The van der Waals surface area contributed by atoms with Crippen molar-refractivity contribution in [2.45, 2.75) is 19.9 Å². The molecular formula is C17H16FN5O2. The molecule has 0 spiro atoms. The van der Waals surface area contributed by atoms with Gasteiger partial charge >= 0.3 is 0 Å². The molecule has 0 saturated carbocycles. The second-order valence-electron chi connectivity index (χ2n) is 5.55. The molecule has 1 amide bonds. The fourth-order valence-electron chi connectivity index (χ4n) is 2.25. The lowest BCUT2D eigenvalue weighted by Crippen LogP contribution is -2.33. The highest BCUT2D eigenvalue weighted by Crippen LogP contribution is 2.15. The van der Waals surface area contributed by atoms with Gasteiger partial charge in [-0.3, -0.25) is 9.59 Å². The Kier molecular flexibility index (Phi) is 4.42. The van der Waals surface area contributed by atoms with Crippen LogP contribution in [0, 0.1) is 12.7 Å². The number of aromatic nitrogens is 4. The Morgan fingerprint density at radius 3 is 2.76 bits per heavy atom. The molecule has 1 N–H and O–H groups in total. The summed E-state index contributed by atoms with van der Waals surface area (Å²) >= 11 is 0. The molecule has 0 unspecified atom stereocenters. The largest absolute Gasteiger partial charge is 0.324 e. The Morgan fingerprint density at radius 1 is 1.28 bits per heavy atom. The van der Waals surface area contributed by atoms with E-state index in [1.807, 2.05) is 0 Å². The second-order valence-corrected chi connectivity index (χ2v) is 5.55. The van der Waals surface area contributed by atoms with Crippen molar-refractivity contribution in [2.24, 2.45) is 0 Å². The minimum atomic E-state index is -0.882. The molecule has 1 atom stereocenters. The zero-order valence-corrected chi connectivity index (χ0v) is 13.7. The molecule has 3 aromatic rings. The van der Waals surface area contributed by atoms with Gasteiger partial charge in [-0.25, -0.2) is 13.8 Å². The fraction of sp³-hybridized carbons (Fsp3) is 0.176. The quantitative estimate of drug-likeness (QED) is 0.788. The molecule has 0 fully saturated rings. The Hall–Kier alpha value is -3.29. The molecule has 0 saturated heterocycles. The van der Waals surface area contributed by atoms with E-state index in [1.165, 1.54) is 22.9 Å². The normalized spacial score (nSPS) is 12.0. The van der Waals surface area contributed by atoms with Crippen LogP contribution >= 0.6 is 0 Å². The molecule has 0 radical (unpaired) electrons. The van der Waals surface area contributed by atoms with Crippen molar-refractivity contribution in [1.82, 2.24) is 19.6 Å². The third-order valence-corrected chi connectivity index (χ3v) is 3.74. The third-order valence-electron chi connectivity index (χ3n) is 3.74. The number of hydrogen-bond donors (Lipinski definition) is 1. The van der Waals surface area contributed by atoms with E-state index in [2.05, 4.69) is 15.5 Å². The summed E-state index contributed by atoms with van der Waals surface area (Å²) in [6.07, 6.45) is 3.26. The number of carbonyl (C=O) groups is 1. The van der Waals surface area contributed by atoms with E-state index in [0.717, 1.165) is 4.68 Å². The van der Waals surface area contributed by atoms with Crippen molar-refractivity contribution >= 4 is 11.6 Å².